The minimum atomic E-state index is -0.0840. The summed E-state index contributed by atoms with van der Waals surface area (Å²) in [5.74, 6) is 0.664. The minimum Gasteiger partial charge on any atom is -0.314 e. The molecule has 1 aromatic carbocycles. The second kappa shape index (κ2) is 7.57. The Bertz CT molecular complexity index is 454. The molecule has 2 aliphatic rings. The summed E-state index contributed by atoms with van der Waals surface area (Å²) in [5, 5.41) is 3.43. The molecule has 1 aliphatic carbocycles. The lowest BCUT2D eigenvalue weighted by molar-refractivity contribution is 0.125. The number of nitrogens with one attached hydrogen (secondary N) is 1. The maximum absolute atomic E-state index is 13.6. The molecule has 21 heavy (non-hydrogen) atoms. The molecule has 0 amide bonds. The molecule has 4 heteroatoms. The van der Waals surface area contributed by atoms with Crippen LogP contribution in [0.1, 0.15) is 42.9 Å². The van der Waals surface area contributed by atoms with E-state index in [1.54, 1.807) is 6.07 Å². The first kappa shape index (κ1) is 16.7. The van der Waals surface area contributed by atoms with E-state index < -0.39 is 0 Å². The Hall–Kier alpha value is -0.640. The van der Waals surface area contributed by atoms with Gasteiger partial charge in [-0.25, -0.2) is 4.39 Å². The summed E-state index contributed by atoms with van der Waals surface area (Å²) in [6, 6.07) is 6.21. The number of aryl methyl sites for hydroxylation is 1. The van der Waals surface area contributed by atoms with Gasteiger partial charge in [-0.3, -0.25) is 4.90 Å². The zero-order chi connectivity index (χ0) is 13.9. The lowest BCUT2D eigenvalue weighted by atomic mass is 9.89. The van der Waals surface area contributed by atoms with E-state index in [1.165, 1.54) is 31.2 Å². The lowest BCUT2D eigenvalue weighted by Crippen LogP contribution is -2.46. The molecule has 0 spiro atoms. The predicted molar refractivity (Wildman–Crippen MR) is 87.5 cm³/mol. The van der Waals surface area contributed by atoms with Gasteiger partial charge in [-0.15, -0.1) is 12.4 Å². The van der Waals surface area contributed by atoms with Crippen molar-refractivity contribution in [2.24, 2.45) is 5.92 Å². The highest BCUT2D eigenvalue weighted by Gasteiger charge is 2.31. The van der Waals surface area contributed by atoms with Crippen LogP contribution in [-0.4, -0.2) is 31.1 Å². The number of hydrogen-bond acceptors (Lipinski definition) is 2. The number of piperazine rings is 1. The van der Waals surface area contributed by atoms with Gasteiger partial charge in [0.25, 0.3) is 0 Å². The smallest absolute Gasteiger partial charge is 0.126 e. The number of nitrogens with zero attached hydrogens (tertiary/aromatic N) is 1. The van der Waals surface area contributed by atoms with E-state index in [2.05, 4.69) is 16.3 Å². The van der Waals surface area contributed by atoms with Gasteiger partial charge in [0, 0.05) is 32.2 Å². The number of benzene rings is 1. The molecule has 1 N–H and O–H groups in total. The number of halogens is 2. The maximum atomic E-state index is 13.6. The van der Waals surface area contributed by atoms with E-state index in [9.17, 15) is 4.39 Å². The Labute approximate surface area is 133 Å². The topological polar surface area (TPSA) is 15.3 Å². The van der Waals surface area contributed by atoms with Crippen molar-refractivity contribution in [3.63, 3.8) is 0 Å². The number of rotatable bonds is 3. The summed E-state index contributed by atoms with van der Waals surface area (Å²) in [6.07, 6.45) is 5.36. The van der Waals surface area contributed by atoms with Gasteiger partial charge in [-0.1, -0.05) is 25.0 Å². The third kappa shape index (κ3) is 3.77. The van der Waals surface area contributed by atoms with Crippen LogP contribution < -0.4 is 5.32 Å². The summed E-state index contributed by atoms with van der Waals surface area (Å²) in [5.41, 5.74) is 2.10. The molecular weight excluding hydrogens is 287 g/mol. The average Bonchev–Trinajstić information content (AvgIpc) is 2.98. The van der Waals surface area contributed by atoms with Crippen molar-refractivity contribution >= 4 is 12.4 Å². The SMILES string of the molecule is Cc1cc([C@H](C2CCCC2)N2CCNCC2)ccc1F.Cl. The number of hydrogen-bond donors (Lipinski definition) is 1. The Morgan fingerprint density at radius 1 is 1.19 bits per heavy atom. The first-order valence-electron chi connectivity index (χ1n) is 7.96. The van der Waals surface area contributed by atoms with Gasteiger partial charge in [0.05, 0.1) is 0 Å². The molecule has 2 fully saturated rings. The van der Waals surface area contributed by atoms with Crippen LogP contribution in [0.3, 0.4) is 0 Å². The summed E-state index contributed by atoms with van der Waals surface area (Å²) in [4.78, 5) is 2.61. The first-order valence-corrected chi connectivity index (χ1v) is 7.96. The van der Waals surface area contributed by atoms with Gasteiger partial charge in [-0.2, -0.15) is 0 Å². The van der Waals surface area contributed by atoms with Crippen molar-refractivity contribution in [2.45, 2.75) is 38.6 Å². The molecule has 0 radical (unpaired) electrons. The van der Waals surface area contributed by atoms with Gasteiger partial charge in [-0.05, 0) is 42.9 Å². The van der Waals surface area contributed by atoms with E-state index >= 15 is 0 Å². The maximum Gasteiger partial charge on any atom is 0.126 e. The van der Waals surface area contributed by atoms with Crippen LogP contribution in [0.2, 0.25) is 0 Å². The molecule has 0 unspecified atom stereocenters. The van der Waals surface area contributed by atoms with E-state index in [-0.39, 0.29) is 18.2 Å². The van der Waals surface area contributed by atoms with Crippen LogP contribution in [0.4, 0.5) is 4.39 Å². The van der Waals surface area contributed by atoms with E-state index in [1.807, 2.05) is 13.0 Å². The van der Waals surface area contributed by atoms with Crippen molar-refractivity contribution in [1.82, 2.24) is 10.2 Å². The van der Waals surface area contributed by atoms with Gasteiger partial charge < -0.3 is 5.32 Å². The van der Waals surface area contributed by atoms with Crippen molar-refractivity contribution < 1.29 is 4.39 Å². The highest BCUT2D eigenvalue weighted by molar-refractivity contribution is 5.85. The average molecular weight is 313 g/mol. The Balaban J connectivity index is 0.00000161. The highest BCUT2D eigenvalue weighted by atomic mass is 35.5. The van der Waals surface area contributed by atoms with Crippen LogP contribution in [0.25, 0.3) is 0 Å². The summed E-state index contributed by atoms with van der Waals surface area (Å²) in [6.45, 7) is 6.24. The molecular formula is C17H26ClFN2. The molecule has 1 aliphatic heterocycles. The van der Waals surface area contributed by atoms with Gasteiger partial charge >= 0.3 is 0 Å². The van der Waals surface area contributed by atoms with E-state index in [4.69, 9.17) is 0 Å². The van der Waals surface area contributed by atoms with Crippen LogP contribution in [0, 0.1) is 18.7 Å². The molecule has 118 valence electrons. The van der Waals surface area contributed by atoms with Gasteiger partial charge in [0.2, 0.25) is 0 Å². The van der Waals surface area contributed by atoms with Crippen molar-refractivity contribution in [2.75, 3.05) is 26.2 Å². The van der Waals surface area contributed by atoms with Crippen LogP contribution in [-0.2, 0) is 0 Å². The fourth-order valence-corrected chi connectivity index (χ4v) is 3.87. The highest BCUT2D eigenvalue weighted by Crippen LogP contribution is 2.39. The zero-order valence-corrected chi connectivity index (χ0v) is 13.6. The predicted octanol–water partition coefficient (Wildman–Crippen LogP) is 3.69. The standard InChI is InChI=1S/C17H25FN2.ClH/c1-13-12-15(6-7-16(13)18)17(14-4-2-3-5-14)20-10-8-19-9-11-20;/h6-7,12,14,17,19H,2-5,8-11H2,1H3;1H/t17-;/m0./s1. The Morgan fingerprint density at radius 2 is 1.86 bits per heavy atom. The first-order chi connectivity index (χ1) is 9.75. The molecule has 2 nitrogen and oxygen atoms in total. The fourth-order valence-electron chi connectivity index (χ4n) is 3.87. The van der Waals surface area contributed by atoms with Crippen LogP contribution in [0.5, 0.6) is 0 Å². The monoisotopic (exact) mass is 312 g/mol. The Morgan fingerprint density at radius 3 is 2.48 bits per heavy atom. The van der Waals surface area contributed by atoms with Crippen LogP contribution >= 0.6 is 12.4 Å². The fraction of sp³-hybridized carbons (Fsp3) is 0.647. The Kier molecular flexibility index (Phi) is 6.03. The minimum absolute atomic E-state index is 0. The van der Waals surface area contributed by atoms with Gasteiger partial charge in [0.15, 0.2) is 0 Å². The third-order valence-electron chi connectivity index (χ3n) is 4.91. The molecule has 1 heterocycles. The molecule has 0 bridgehead atoms. The molecule has 1 saturated carbocycles. The summed E-state index contributed by atoms with van der Waals surface area (Å²) < 4.78 is 13.6. The van der Waals surface area contributed by atoms with Crippen molar-refractivity contribution in [3.8, 4) is 0 Å². The summed E-state index contributed by atoms with van der Waals surface area (Å²) >= 11 is 0. The molecule has 1 saturated heterocycles. The normalized spacial score (nSPS) is 22.0. The third-order valence-corrected chi connectivity index (χ3v) is 4.91. The summed E-state index contributed by atoms with van der Waals surface area (Å²) in [7, 11) is 0. The molecule has 3 rings (SSSR count). The lowest BCUT2D eigenvalue weighted by Gasteiger charge is -2.38. The molecule has 0 aromatic heterocycles. The molecule has 1 atom stereocenters. The van der Waals surface area contributed by atoms with E-state index in [0.717, 1.165) is 37.7 Å². The molecule has 1 aromatic rings. The second-order valence-electron chi connectivity index (χ2n) is 6.28. The quantitative estimate of drug-likeness (QED) is 0.915. The van der Waals surface area contributed by atoms with Gasteiger partial charge in [0.1, 0.15) is 5.82 Å². The van der Waals surface area contributed by atoms with Crippen molar-refractivity contribution in [1.29, 1.82) is 0 Å². The van der Waals surface area contributed by atoms with Crippen molar-refractivity contribution in [3.05, 3.63) is 35.1 Å². The van der Waals surface area contributed by atoms with Crippen LogP contribution in [0.15, 0.2) is 18.2 Å². The second-order valence-corrected chi connectivity index (χ2v) is 6.28. The largest absolute Gasteiger partial charge is 0.314 e. The van der Waals surface area contributed by atoms with E-state index in [0.29, 0.717) is 6.04 Å². The zero-order valence-electron chi connectivity index (χ0n) is 12.8.